The molecule has 20 heavy (non-hydrogen) atoms. The molecule has 2 aromatic rings. The number of hydrogen-bond donors (Lipinski definition) is 2. The molecule has 1 heterocycles. The predicted octanol–water partition coefficient (Wildman–Crippen LogP) is 2.32. The average molecular weight is 275 g/mol. The van der Waals surface area contributed by atoms with Crippen molar-refractivity contribution < 1.29 is 14.1 Å². The summed E-state index contributed by atoms with van der Waals surface area (Å²) in [4.78, 5) is 11.5. The smallest absolute Gasteiger partial charge is 0.320 e. The number of nitrogens with zero attached hydrogens (tertiary/aromatic N) is 1. The minimum atomic E-state index is -0.332. The van der Waals surface area contributed by atoms with Crippen LogP contribution in [0.15, 0.2) is 40.9 Å². The van der Waals surface area contributed by atoms with Crippen molar-refractivity contribution in [1.29, 1.82) is 0 Å². The number of nitrogens with one attached hydrogen (secondary N) is 2. The summed E-state index contributed by atoms with van der Waals surface area (Å²) in [5.41, 5.74) is 1.11. The highest BCUT2D eigenvalue weighted by molar-refractivity contribution is 5.88. The summed E-state index contributed by atoms with van der Waals surface area (Å²) in [6, 6.07) is 11.2. The Balaban J connectivity index is 1.58. The zero-order valence-electron chi connectivity index (χ0n) is 11.3. The van der Waals surface area contributed by atoms with Gasteiger partial charge < -0.3 is 14.6 Å². The van der Waals surface area contributed by atoms with E-state index in [9.17, 15) is 4.79 Å². The largest absolute Gasteiger partial charge is 0.375 e. The maximum atomic E-state index is 11.5. The number of amides is 2. The molecule has 106 valence electrons. The Labute approximate surface area is 117 Å². The summed E-state index contributed by atoms with van der Waals surface area (Å²) >= 11 is 0. The average Bonchev–Trinajstić information content (AvgIpc) is 2.85. The van der Waals surface area contributed by atoms with Crippen LogP contribution in [0, 0.1) is 6.92 Å². The van der Waals surface area contributed by atoms with Crippen LogP contribution in [-0.4, -0.2) is 24.3 Å². The van der Waals surface area contributed by atoms with Crippen LogP contribution in [0.25, 0.3) is 0 Å². The molecule has 0 aliphatic heterocycles. The van der Waals surface area contributed by atoms with Crippen LogP contribution in [0.3, 0.4) is 0 Å². The normalized spacial score (nSPS) is 10.2. The standard InChI is InChI=1S/C14H17N3O3/c1-11-9-13(17-20-11)16-14(18)15-7-8-19-10-12-5-3-2-4-6-12/h2-6,9H,7-8,10H2,1H3,(H2,15,16,17,18). The number of aromatic nitrogens is 1. The molecule has 0 aliphatic rings. The molecular formula is C14H17N3O3. The van der Waals surface area contributed by atoms with Gasteiger partial charge in [-0.2, -0.15) is 0 Å². The van der Waals surface area contributed by atoms with Gasteiger partial charge in [-0.15, -0.1) is 0 Å². The van der Waals surface area contributed by atoms with E-state index in [0.29, 0.717) is 31.3 Å². The maximum absolute atomic E-state index is 11.5. The molecule has 0 unspecified atom stereocenters. The number of urea groups is 1. The lowest BCUT2D eigenvalue weighted by atomic mass is 10.2. The van der Waals surface area contributed by atoms with E-state index in [1.165, 1.54) is 0 Å². The molecule has 0 saturated heterocycles. The molecule has 0 bridgehead atoms. The monoisotopic (exact) mass is 275 g/mol. The Kier molecular flexibility index (Phi) is 5.14. The maximum Gasteiger partial charge on any atom is 0.320 e. The van der Waals surface area contributed by atoms with Crippen LogP contribution in [0.5, 0.6) is 0 Å². The minimum Gasteiger partial charge on any atom is -0.375 e. The van der Waals surface area contributed by atoms with Gasteiger partial charge in [-0.3, -0.25) is 5.32 Å². The number of carbonyl (C=O) groups is 1. The number of ether oxygens (including phenoxy) is 1. The zero-order chi connectivity index (χ0) is 14.2. The molecule has 0 fully saturated rings. The van der Waals surface area contributed by atoms with Gasteiger partial charge in [0.25, 0.3) is 0 Å². The Morgan fingerprint density at radius 1 is 1.35 bits per heavy atom. The molecule has 6 nitrogen and oxygen atoms in total. The fourth-order valence-corrected chi connectivity index (χ4v) is 1.59. The summed E-state index contributed by atoms with van der Waals surface area (Å²) in [6.07, 6.45) is 0. The summed E-state index contributed by atoms with van der Waals surface area (Å²) < 4.78 is 10.3. The van der Waals surface area contributed by atoms with Gasteiger partial charge >= 0.3 is 6.03 Å². The fourth-order valence-electron chi connectivity index (χ4n) is 1.59. The second kappa shape index (κ2) is 7.30. The van der Waals surface area contributed by atoms with Gasteiger partial charge in [-0.25, -0.2) is 4.79 Å². The number of aryl methyl sites for hydroxylation is 1. The molecule has 2 N–H and O–H groups in total. The van der Waals surface area contributed by atoms with Gasteiger partial charge in [0.15, 0.2) is 5.82 Å². The Hall–Kier alpha value is -2.34. The van der Waals surface area contributed by atoms with Gasteiger partial charge in [-0.1, -0.05) is 35.5 Å². The quantitative estimate of drug-likeness (QED) is 0.793. The van der Waals surface area contributed by atoms with Crippen molar-refractivity contribution in [2.45, 2.75) is 13.5 Å². The van der Waals surface area contributed by atoms with E-state index in [2.05, 4.69) is 15.8 Å². The van der Waals surface area contributed by atoms with Gasteiger partial charge in [-0.05, 0) is 12.5 Å². The predicted molar refractivity (Wildman–Crippen MR) is 74.4 cm³/mol. The van der Waals surface area contributed by atoms with Crippen LogP contribution in [0.1, 0.15) is 11.3 Å². The first-order chi connectivity index (χ1) is 9.74. The van der Waals surface area contributed by atoms with Gasteiger partial charge in [0.2, 0.25) is 0 Å². The molecule has 2 amide bonds. The Bertz CT molecular complexity index is 540. The number of rotatable bonds is 6. The van der Waals surface area contributed by atoms with E-state index in [1.807, 2.05) is 30.3 Å². The third-order valence-electron chi connectivity index (χ3n) is 2.51. The Morgan fingerprint density at radius 2 is 2.15 bits per heavy atom. The van der Waals surface area contributed by atoms with E-state index >= 15 is 0 Å². The number of carbonyl (C=O) groups excluding carboxylic acids is 1. The summed E-state index contributed by atoms with van der Waals surface area (Å²) in [5, 5.41) is 8.89. The van der Waals surface area contributed by atoms with Crippen molar-refractivity contribution in [1.82, 2.24) is 10.5 Å². The summed E-state index contributed by atoms with van der Waals surface area (Å²) in [5.74, 6) is 1.04. The lowest BCUT2D eigenvalue weighted by molar-refractivity contribution is 0.124. The molecule has 0 atom stereocenters. The minimum absolute atomic E-state index is 0.332. The topological polar surface area (TPSA) is 76.4 Å². The van der Waals surface area contributed by atoms with E-state index in [1.54, 1.807) is 13.0 Å². The van der Waals surface area contributed by atoms with Crippen LogP contribution in [-0.2, 0) is 11.3 Å². The van der Waals surface area contributed by atoms with Crippen molar-refractivity contribution in [2.24, 2.45) is 0 Å². The van der Waals surface area contributed by atoms with Gasteiger partial charge in [0.05, 0.1) is 13.2 Å². The van der Waals surface area contributed by atoms with Crippen molar-refractivity contribution in [2.75, 3.05) is 18.5 Å². The molecule has 6 heteroatoms. The molecule has 1 aromatic carbocycles. The van der Waals surface area contributed by atoms with E-state index in [-0.39, 0.29) is 6.03 Å². The lowest BCUT2D eigenvalue weighted by Gasteiger charge is -2.06. The van der Waals surface area contributed by atoms with E-state index in [4.69, 9.17) is 9.26 Å². The first-order valence-electron chi connectivity index (χ1n) is 6.34. The van der Waals surface area contributed by atoms with Crippen molar-refractivity contribution in [3.63, 3.8) is 0 Å². The van der Waals surface area contributed by atoms with Gasteiger partial charge in [0, 0.05) is 12.6 Å². The first-order valence-corrected chi connectivity index (χ1v) is 6.34. The fraction of sp³-hybridized carbons (Fsp3) is 0.286. The highest BCUT2D eigenvalue weighted by Crippen LogP contribution is 2.06. The number of anilines is 1. The van der Waals surface area contributed by atoms with E-state index < -0.39 is 0 Å². The van der Waals surface area contributed by atoms with Crippen molar-refractivity contribution in [3.05, 3.63) is 47.7 Å². The van der Waals surface area contributed by atoms with Crippen LogP contribution in [0.2, 0.25) is 0 Å². The molecule has 0 aliphatic carbocycles. The third kappa shape index (κ3) is 4.74. The second-order valence-corrected chi connectivity index (χ2v) is 4.24. The molecule has 1 aromatic heterocycles. The SMILES string of the molecule is Cc1cc(NC(=O)NCCOCc2ccccc2)no1. The van der Waals surface area contributed by atoms with Crippen molar-refractivity contribution in [3.8, 4) is 0 Å². The van der Waals surface area contributed by atoms with Gasteiger partial charge in [0.1, 0.15) is 5.76 Å². The second-order valence-electron chi connectivity index (χ2n) is 4.24. The Morgan fingerprint density at radius 3 is 2.85 bits per heavy atom. The molecular weight excluding hydrogens is 258 g/mol. The molecule has 0 spiro atoms. The third-order valence-corrected chi connectivity index (χ3v) is 2.51. The molecule has 0 saturated carbocycles. The summed E-state index contributed by atoms with van der Waals surface area (Å²) in [7, 11) is 0. The number of hydrogen-bond acceptors (Lipinski definition) is 4. The molecule has 0 radical (unpaired) electrons. The highest BCUT2D eigenvalue weighted by Gasteiger charge is 2.04. The first kappa shape index (κ1) is 14.1. The van der Waals surface area contributed by atoms with Crippen LogP contribution < -0.4 is 10.6 Å². The highest BCUT2D eigenvalue weighted by atomic mass is 16.5. The zero-order valence-corrected chi connectivity index (χ0v) is 11.3. The molecule has 2 rings (SSSR count). The summed E-state index contributed by atoms with van der Waals surface area (Å²) in [6.45, 7) is 3.16. The van der Waals surface area contributed by atoms with Crippen LogP contribution in [0.4, 0.5) is 10.6 Å². The lowest BCUT2D eigenvalue weighted by Crippen LogP contribution is -2.31. The van der Waals surface area contributed by atoms with Crippen LogP contribution >= 0.6 is 0 Å². The van der Waals surface area contributed by atoms with E-state index in [0.717, 1.165) is 5.56 Å². The van der Waals surface area contributed by atoms with Crippen molar-refractivity contribution >= 4 is 11.8 Å². The number of benzene rings is 1.